The quantitative estimate of drug-likeness (QED) is 0.330. The summed E-state index contributed by atoms with van der Waals surface area (Å²) in [6, 6.07) is 11.9. The maximum absolute atomic E-state index is 5.86. The molecule has 2 rings (SSSR count). The molecule has 0 amide bonds. The summed E-state index contributed by atoms with van der Waals surface area (Å²) in [5.41, 5.74) is 7.74. The number of hydrogen-bond donors (Lipinski definition) is 2. The second-order valence-electron chi connectivity index (χ2n) is 4.26. The Morgan fingerprint density at radius 3 is 2.55 bits per heavy atom. The summed E-state index contributed by atoms with van der Waals surface area (Å²) in [6.07, 6.45) is 3.70. The lowest BCUT2D eigenvalue weighted by Gasteiger charge is -2.06. The van der Waals surface area contributed by atoms with E-state index in [1.807, 2.05) is 6.07 Å². The largest absolute Gasteiger partial charge is 0.481 e. The van der Waals surface area contributed by atoms with E-state index in [-0.39, 0.29) is 24.0 Å². The minimum absolute atomic E-state index is 0. The second-order valence-corrected chi connectivity index (χ2v) is 5.14. The second kappa shape index (κ2) is 9.52. The SMILES string of the molecule is COc1ccc(NC(N)=NCc2ccc(SC)cc2)cn1.I. The summed E-state index contributed by atoms with van der Waals surface area (Å²) >= 11 is 1.72. The van der Waals surface area contributed by atoms with Gasteiger partial charge in [-0.05, 0) is 30.0 Å². The highest BCUT2D eigenvalue weighted by atomic mass is 127. The summed E-state index contributed by atoms with van der Waals surface area (Å²) in [7, 11) is 1.58. The standard InChI is InChI=1S/C15H18N4OS.HI/c1-20-14-8-5-12(10-17-14)19-15(16)18-9-11-3-6-13(21-2)7-4-11;/h3-8,10H,9H2,1-2H3,(H3,16,18,19);1H. The van der Waals surface area contributed by atoms with Crippen LogP contribution in [0.1, 0.15) is 5.56 Å². The van der Waals surface area contributed by atoms with Crippen LogP contribution < -0.4 is 15.8 Å². The molecule has 0 aliphatic heterocycles. The first kappa shape index (κ1) is 18.6. The number of benzene rings is 1. The summed E-state index contributed by atoms with van der Waals surface area (Å²) in [5.74, 6) is 0.917. The van der Waals surface area contributed by atoms with Crippen molar-refractivity contribution >= 4 is 47.4 Å². The predicted octanol–water partition coefficient (Wildman–Crippen LogP) is 3.36. The molecule has 5 nitrogen and oxygen atoms in total. The van der Waals surface area contributed by atoms with Gasteiger partial charge in [-0.25, -0.2) is 9.98 Å². The van der Waals surface area contributed by atoms with Gasteiger partial charge in [-0.2, -0.15) is 0 Å². The van der Waals surface area contributed by atoms with Gasteiger partial charge in [0, 0.05) is 11.0 Å². The minimum Gasteiger partial charge on any atom is -0.481 e. The van der Waals surface area contributed by atoms with Gasteiger partial charge in [0.2, 0.25) is 5.88 Å². The van der Waals surface area contributed by atoms with Crippen molar-refractivity contribution in [1.29, 1.82) is 0 Å². The Kier molecular flexibility index (Phi) is 8.03. The number of nitrogens with zero attached hydrogens (tertiary/aromatic N) is 2. The van der Waals surface area contributed by atoms with E-state index in [4.69, 9.17) is 10.5 Å². The van der Waals surface area contributed by atoms with E-state index in [1.54, 1.807) is 31.1 Å². The topological polar surface area (TPSA) is 72.5 Å². The van der Waals surface area contributed by atoms with E-state index < -0.39 is 0 Å². The van der Waals surface area contributed by atoms with E-state index in [0.29, 0.717) is 18.4 Å². The van der Waals surface area contributed by atoms with Crippen molar-refractivity contribution in [1.82, 2.24) is 4.98 Å². The number of aromatic nitrogens is 1. The van der Waals surface area contributed by atoms with Crippen molar-refractivity contribution in [3.63, 3.8) is 0 Å². The fourth-order valence-electron chi connectivity index (χ4n) is 1.67. The number of pyridine rings is 1. The number of rotatable bonds is 5. The van der Waals surface area contributed by atoms with Crippen molar-refractivity contribution in [2.75, 3.05) is 18.7 Å². The molecule has 1 aromatic carbocycles. The van der Waals surface area contributed by atoms with Gasteiger partial charge in [0.05, 0.1) is 25.5 Å². The number of halogens is 1. The van der Waals surface area contributed by atoms with Crippen LogP contribution in [0.5, 0.6) is 5.88 Å². The molecule has 0 bridgehead atoms. The minimum atomic E-state index is 0. The van der Waals surface area contributed by atoms with Gasteiger partial charge in [0.15, 0.2) is 5.96 Å². The number of guanidine groups is 1. The molecule has 0 saturated carbocycles. The first-order valence-electron chi connectivity index (χ1n) is 6.41. The number of nitrogens with one attached hydrogen (secondary N) is 1. The van der Waals surface area contributed by atoms with Crippen LogP contribution in [0.2, 0.25) is 0 Å². The lowest BCUT2D eigenvalue weighted by Crippen LogP contribution is -2.22. The Labute approximate surface area is 151 Å². The van der Waals surface area contributed by atoms with E-state index in [9.17, 15) is 0 Å². The molecule has 7 heteroatoms. The first-order chi connectivity index (χ1) is 10.2. The average molecular weight is 430 g/mol. The molecule has 118 valence electrons. The maximum atomic E-state index is 5.86. The Balaban J connectivity index is 0.00000242. The number of ether oxygens (including phenoxy) is 1. The smallest absolute Gasteiger partial charge is 0.213 e. The van der Waals surface area contributed by atoms with Crippen LogP contribution in [0.3, 0.4) is 0 Å². The molecule has 0 aliphatic rings. The van der Waals surface area contributed by atoms with Crippen LogP contribution >= 0.6 is 35.7 Å². The van der Waals surface area contributed by atoms with E-state index in [2.05, 4.69) is 45.8 Å². The van der Waals surface area contributed by atoms with Crippen molar-refractivity contribution in [2.45, 2.75) is 11.4 Å². The van der Waals surface area contributed by atoms with E-state index >= 15 is 0 Å². The van der Waals surface area contributed by atoms with Crippen molar-refractivity contribution in [3.05, 3.63) is 48.2 Å². The van der Waals surface area contributed by atoms with E-state index in [1.165, 1.54) is 4.90 Å². The van der Waals surface area contributed by atoms with E-state index in [0.717, 1.165) is 11.3 Å². The number of thioether (sulfide) groups is 1. The lowest BCUT2D eigenvalue weighted by atomic mass is 10.2. The van der Waals surface area contributed by atoms with Gasteiger partial charge >= 0.3 is 0 Å². The molecule has 1 aromatic heterocycles. The summed E-state index contributed by atoms with van der Waals surface area (Å²) in [4.78, 5) is 9.63. The number of methoxy groups -OCH3 is 1. The number of hydrogen-bond acceptors (Lipinski definition) is 4. The Hall–Kier alpha value is -1.48. The third kappa shape index (κ3) is 5.72. The summed E-state index contributed by atoms with van der Waals surface area (Å²) < 4.78 is 5.00. The van der Waals surface area contributed by atoms with Crippen LogP contribution in [0.15, 0.2) is 52.5 Å². The van der Waals surface area contributed by atoms with Crippen molar-refractivity contribution in [3.8, 4) is 5.88 Å². The molecular formula is C15H19IN4OS. The molecule has 0 saturated heterocycles. The zero-order valence-electron chi connectivity index (χ0n) is 12.4. The number of anilines is 1. The number of nitrogens with two attached hydrogens (primary N) is 1. The van der Waals surface area contributed by atoms with Gasteiger partial charge in [0.25, 0.3) is 0 Å². The molecule has 22 heavy (non-hydrogen) atoms. The monoisotopic (exact) mass is 430 g/mol. The van der Waals surface area contributed by atoms with Gasteiger partial charge in [-0.3, -0.25) is 0 Å². The Bertz CT molecular complexity index is 602. The van der Waals surface area contributed by atoms with Gasteiger partial charge in [0.1, 0.15) is 0 Å². The molecule has 0 aliphatic carbocycles. The van der Waals surface area contributed by atoms with Crippen LogP contribution in [0.4, 0.5) is 5.69 Å². The maximum Gasteiger partial charge on any atom is 0.213 e. The predicted molar refractivity (Wildman–Crippen MR) is 103 cm³/mol. The molecular weight excluding hydrogens is 411 g/mol. The molecule has 0 unspecified atom stereocenters. The summed E-state index contributed by atoms with van der Waals surface area (Å²) in [5, 5.41) is 2.99. The van der Waals surface area contributed by atoms with Gasteiger partial charge < -0.3 is 15.8 Å². The molecule has 1 heterocycles. The molecule has 0 fully saturated rings. The zero-order chi connectivity index (χ0) is 15.1. The van der Waals surface area contributed by atoms with Gasteiger partial charge in [-0.15, -0.1) is 35.7 Å². The van der Waals surface area contributed by atoms with Crippen LogP contribution in [-0.2, 0) is 6.54 Å². The fourth-order valence-corrected chi connectivity index (χ4v) is 2.08. The molecule has 0 radical (unpaired) electrons. The lowest BCUT2D eigenvalue weighted by molar-refractivity contribution is 0.398. The Morgan fingerprint density at radius 2 is 2.00 bits per heavy atom. The average Bonchev–Trinajstić information content (AvgIpc) is 2.54. The summed E-state index contributed by atoms with van der Waals surface area (Å²) in [6.45, 7) is 0.539. The first-order valence-corrected chi connectivity index (χ1v) is 7.63. The van der Waals surface area contributed by atoms with Crippen LogP contribution in [-0.4, -0.2) is 24.3 Å². The van der Waals surface area contributed by atoms with Crippen LogP contribution in [0.25, 0.3) is 0 Å². The molecule has 0 spiro atoms. The molecule has 2 aromatic rings. The fraction of sp³-hybridized carbons (Fsp3) is 0.200. The number of aliphatic imine (C=N–C) groups is 1. The normalized spacial score (nSPS) is 10.7. The highest BCUT2D eigenvalue weighted by Gasteiger charge is 1.98. The highest BCUT2D eigenvalue weighted by Crippen LogP contribution is 2.15. The highest BCUT2D eigenvalue weighted by molar-refractivity contribution is 14.0. The molecule has 3 N–H and O–H groups in total. The Morgan fingerprint density at radius 1 is 1.27 bits per heavy atom. The molecule has 0 atom stereocenters. The zero-order valence-corrected chi connectivity index (χ0v) is 15.6. The van der Waals surface area contributed by atoms with Crippen molar-refractivity contribution < 1.29 is 4.74 Å². The van der Waals surface area contributed by atoms with Crippen molar-refractivity contribution in [2.24, 2.45) is 10.7 Å². The third-order valence-corrected chi connectivity index (χ3v) is 3.55. The van der Waals surface area contributed by atoms with Crippen LogP contribution in [0, 0.1) is 0 Å². The van der Waals surface area contributed by atoms with Gasteiger partial charge in [-0.1, -0.05) is 12.1 Å². The third-order valence-electron chi connectivity index (χ3n) is 2.81.